The van der Waals surface area contributed by atoms with E-state index in [0.29, 0.717) is 11.7 Å². The number of nitrogens with one attached hydrogen (secondary N) is 2. The van der Waals surface area contributed by atoms with Crippen molar-refractivity contribution in [2.24, 2.45) is 0 Å². The van der Waals surface area contributed by atoms with Crippen LogP contribution < -0.4 is 20.1 Å². The Morgan fingerprint density at radius 1 is 0.815 bits per heavy atom. The maximum absolute atomic E-state index is 5.42. The van der Waals surface area contributed by atoms with Crippen molar-refractivity contribution < 1.29 is 9.47 Å². The molecule has 27 heavy (non-hydrogen) atoms. The van der Waals surface area contributed by atoms with Gasteiger partial charge in [-0.3, -0.25) is 0 Å². The molecular weight excluding hydrogens is 340 g/mol. The predicted octanol–water partition coefficient (Wildman–Crippen LogP) is 4.91. The molecule has 0 saturated heterocycles. The van der Waals surface area contributed by atoms with Gasteiger partial charge in [0, 0.05) is 23.5 Å². The molecule has 6 nitrogen and oxygen atoms in total. The SMILES string of the molecule is COc1ccc(OC)c(Nc2nc(C)cc(Nc3c(C)cccc3C)n2)c1. The van der Waals surface area contributed by atoms with E-state index in [4.69, 9.17) is 9.47 Å². The highest BCUT2D eigenvalue weighted by molar-refractivity contribution is 5.68. The molecule has 140 valence electrons. The van der Waals surface area contributed by atoms with Gasteiger partial charge in [0.05, 0.1) is 19.9 Å². The largest absolute Gasteiger partial charge is 0.497 e. The van der Waals surface area contributed by atoms with Crippen LogP contribution in [-0.2, 0) is 0 Å². The van der Waals surface area contributed by atoms with Gasteiger partial charge in [-0.05, 0) is 44.0 Å². The Bertz CT molecular complexity index is 937. The Morgan fingerprint density at radius 3 is 2.22 bits per heavy atom. The molecule has 0 fully saturated rings. The second kappa shape index (κ2) is 7.95. The minimum atomic E-state index is 0.482. The molecule has 0 aliphatic rings. The van der Waals surface area contributed by atoms with Crippen LogP contribution in [0.5, 0.6) is 11.5 Å². The Balaban J connectivity index is 1.92. The summed E-state index contributed by atoms with van der Waals surface area (Å²) in [6, 6.07) is 13.6. The van der Waals surface area contributed by atoms with Crippen LogP contribution in [-0.4, -0.2) is 24.2 Å². The number of aromatic nitrogens is 2. The fraction of sp³-hybridized carbons (Fsp3) is 0.238. The molecule has 2 aromatic carbocycles. The summed E-state index contributed by atoms with van der Waals surface area (Å²) in [5.41, 5.74) is 4.97. The molecule has 3 aromatic rings. The lowest BCUT2D eigenvalue weighted by Gasteiger charge is -2.15. The summed E-state index contributed by atoms with van der Waals surface area (Å²) in [6.07, 6.45) is 0. The summed E-state index contributed by atoms with van der Waals surface area (Å²) in [4.78, 5) is 9.10. The highest BCUT2D eigenvalue weighted by atomic mass is 16.5. The van der Waals surface area contributed by atoms with Gasteiger partial charge < -0.3 is 20.1 Å². The summed E-state index contributed by atoms with van der Waals surface area (Å²) in [7, 11) is 3.25. The molecule has 0 saturated carbocycles. The Labute approximate surface area is 159 Å². The van der Waals surface area contributed by atoms with Gasteiger partial charge >= 0.3 is 0 Å². The van der Waals surface area contributed by atoms with Crippen LogP contribution in [0.1, 0.15) is 16.8 Å². The van der Waals surface area contributed by atoms with Crippen LogP contribution in [0.15, 0.2) is 42.5 Å². The Kier molecular flexibility index (Phi) is 5.45. The second-order valence-electron chi connectivity index (χ2n) is 6.30. The third kappa shape index (κ3) is 4.28. The van der Waals surface area contributed by atoms with E-state index in [-0.39, 0.29) is 0 Å². The number of anilines is 4. The maximum Gasteiger partial charge on any atom is 0.229 e. The topological polar surface area (TPSA) is 68.3 Å². The van der Waals surface area contributed by atoms with Crippen molar-refractivity contribution in [2.75, 3.05) is 24.9 Å². The van der Waals surface area contributed by atoms with E-state index >= 15 is 0 Å². The van der Waals surface area contributed by atoms with E-state index in [0.717, 1.165) is 39.8 Å². The molecule has 0 amide bonds. The maximum atomic E-state index is 5.42. The molecule has 1 aromatic heterocycles. The standard InChI is InChI=1S/C21H24N4O2/c1-13-7-6-8-14(2)20(13)24-19-11-15(3)22-21(25-19)23-17-12-16(26-4)9-10-18(17)27-5/h6-12H,1-5H3,(H2,22,23,24,25). The van der Waals surface area contributed by atoms with Gasteiger partial charge in [0.2, 0.25) is 5.95 Å². The lowest BCUT2D eigenvalue weighted by molar-refractivity contribution is 0.405. The third-order valence-electron chi connectivity index (χ3n) is 4.24. The molecule has 0 atom stereocenters. The van der Waals surface area contributed by atoms with Gasteiger partial charge in [-0.1, -0.05) is 18.2 Å². The van der Waals surface area contributed by atoms with E-state index in [1.165, 1.54) is 0 Å². The zero-order valence-electron chi connectivity index (χ0n) is 16.3. The van der Waals surface area contributed by atoms with Crippen LogP contribution in [0.4, 0.5) is 23.1 Å². The summed E-state index contributed by atoms with van der Waals surface area (Å²) < 4.78 is 10.7. The van der Waals surface area contributed by atoms with Crippen molar-refractivity contribution in [3.8, 4) is 11.5 Å². The number of methoxy groups -OCH3 is 2. The highest BCUT2D eigenvalue weighted by Crippen LogP contribution is 2.31. The summed E-state index contributed by atoms with van der Waals surface area (Å²) >= 11 is 0. The van der Waals surface area contributed by atoms with Crippen LogP contribution >= 0.6 is 0 Å². The molecule has 0 radical (unpaired) electrons. The van der Waals surface area contributed by atoms with E-state index in [1.807, 2.05) is 37.3 Å². The van der Waals surface area contributed by atoms with Gasteiger partial charge in [0.25, 0.3) is 0 Å². The average Bonchev–Trinajstić information content (AvgIpc) is 2.64. The van der Waals surface area contributed by atoms with Gasteiger partial charge in [0.1, 0.15) is 17.3 Å². The van der Waals surface area contributed by atoms with Crippen molar-refractivity contribution in [1.29, 1.82) is 0 Å². The van der Waals surface area contributed by atoms with Crippen molar-refractivity contribution in [1.82, 2.24) is 9.97 Å². The molecule has 0 spiro atoms. The highest BCUT2D eigenvalue weighted by Gasteiger charge is 2.10. The lowest BCUT2D eigenvalue weighted by Crippen LogP contribution is -2.04. The van der Waals surface area contributed by atoms with Crippen LogP contribution in [0.3, 0.4) is 0 Å². The van der Waals surface area contributed by atoms with Crippen molar-refractivity contribution in [3.63, 3.8) is 0 Å². The van der Waals surface area contributed by atoms with Crippen LogP contribution in [0, 0.1) is 20.8 Å². The molecule has 3 rings (SSSR count). The number of nitrogens with zero attached hydrogens (tertiary/aromatic N) is 2. The first kappa shape index (κ1) is 18.5. The monoisotopic (exact) mass is 364 g/mol. The molecule has 0 aliphatic heterocycles. The molecular formula is C21H24N4O2. The molecule has 0 aliphatic carbocycles. The van der Waals surface area contributed by atoms with Gasteiger partial charge in [0.15, 0.2) is 0 Å². The van der Waals surface area contributed by atoms with Gasteiger partial charge in [-0.15, -0.1) is 0 Å². The average molecular weight is 364 g/mol. The smallest absolute Gasteiger partial charge is 0.229 e. The Hall–Kier alpha value is -3.28. The molecule has 6 heteroatoms. The van der Waals surface area contributed by atoms with Gasteiger partial charge in [-0.25, -0.2) is 4.98 Å². The predicted molar refractivity (Wildman–Crippen MR) is 109 cm³/mol. The number of hydrogen-bond donors (Lipinski definition) is 2. The summed E-state index contributed by atoms with van der Waals surface area (Å²) in [6.45, 7) is 6.08. The number of benzene rings is 2. The van der Waals surface area contributed by atoms with Crippen molar-refractivity contribution in [2.45, 2.75) is 20.8 Å². The van der Waals surface area contributed by atoms with Crippen molar-refractivity contribution in [3.05, 3.63) is 59.3 Å². The van der Waals surface area contributed by atoms with E-state index < -0.39 is 0 Å². The molecule has 0 bridgehead atoms. The van der Waals surface area contributed by atoms with E-state index in [9.17, 15) is 0 Å². The van der Waals surface area contributed by atoms with Crippen LogP contribution in [0.2, 0.25) is 0 Å². The summed E-state index contributed by atoms with van der Waals surface area (Å²) in [5, 5.41) is 6.64. The zero-order chi connectivity index (χ0) is 19.4. The van der Waals surface area contributed by atoms with Crippen molar-refractivity contribution >= 4 is 23.1 Å². The molecule has 0 unspecified atom stereocenters. The minimum Gasteiger partial charge on any atom is -0.497 e. The molecule has 1 heterocycles. The molecule has 2 N–H and O–H groups in total. The summed E-state index contributed by atoms with van der Waals surface area (Å²) in [5.74, 6) is 2.62. The van der Waals surface area contributed by atoms with Gasteiger partial charge in [-0.2, -0.15) is 4.98 Å². The first-order valence-corrected chi connectivity index (χ1v) is 8.68. The number of para-hydroxylation sites is 1. The Morgan fingerprint density at radius 2 is 1.56 bits per heavy atom. The van der Waals surface area contributed by atoms with E-state index in [2.05, 4.69) is 46.6 Å². The lowest BCUT2D eigenvalue weighted by atomic mass is 10.1. The number of hydrogen-bond acceptors (Lipinski definition) is 6. The number of aryl methyl sites for hydroxylation is 3. The third-order valence-corrected chi connectivity index (χ3v) is 4.24. The van der Waals surface area contributed by atoms with Crippen LogP contribution in [0.25, 0.3) is 0 Å². The second-order valence-corrected chi connectivity index (χ2v) is 6.30. The first-order valence-electron chi connectivity index (χ1n) is 8.68. The quantitative estimate of drug-likeness (QED) is 0.648. The number of rotatable bonds is 6. The number of ether oxygens (including phenoxy) is 2. The fourth-order valence-corrected chi connectivity index (χ4v) is 2.86. The first-order chi connectivity index (χ1) is 13.0. The zero-order valence-corrected chi connectivity index (χ0v) is 16.3. The van der Waals surface area contributed by atoms with E-state index in [1.54, 1.807) is 14.2 Å². The minimum absolute atomic E-state index is 0.482. The fourth-order valence-electron chi connectivity index (χ4n) is 2.86. The normalized spacial score (nSPS) is 10.4.